The van der Waals surface area contributed by atoms with Crippen LogP contribution in [0, 0.1) is 0 Å². The molecule has 1 rings (SSSR count). The lowest BCUT2D eigenvalue weighted by atomic mass is 10.0. The zero-order valence-electron chi connectivity index (χ0n) is 15.1. The molecule has 1 aliphatic rings. The van der Waals surface area contributed by atoms with Crippen LogP contribution in [0.3, 0.4) is 0 Å². The summed E-state index contributed by atoms with van der Waals surface area (Å²) in [4.78, 5) is 10.4. The fourth-order valence-electron chi connectivity index (χ4n) is 3.05. The third-order valence-electron chi connectivity index (χ3n) is 4.60. The Morgan fingerprint density at radius 1 is 0.833 bits per heavy atom. The molecule has 0 amide bonds. The van der Waals surface area contributed by atoms with E-state index in [1.165, 1.54) is 68.6 Å². The average molecular weight is 448 g/mol. The number of ether oxygens (including phenoxy) is 1. The number of epoxide rings is 1. The molecule has 0 aromatic heterocycles. The first kappa shape index (κ1) is 21.9. The van der Waals surface area contributed by atoms with Gasteiger partial charge in [0.2, 0.25) is 0 Å². The van der Waals surface area contributed by atoms with Gasteiger partial charge in [-0.25, -0.2) is 0 Å². The molecule has 1 fully saturated rings. The second-order valence-electron chi connectivity index (χ2n) is 6.85. The van der Waals surface area contributed by atoms with E-state index >= 15 is 0 Å². The lowest BCUT2D eigenvalue weighted by Gasteiger charge is -1.99. The molecular formula is C20H35IO3. The zero-order chi connectivity index (χ0) is 17.5. The third-order valence-corrected chi connectivity index (χ3v) is 5.36. The van der Waals surface area contributed by atoms with Crippen molar-refractivity contribution >= 4 is 28.6 Å². The number of rotatable bonds is 17. The van der Waals surface area contributed by atoms with Crippen molar-refractivity contribution in [3.05, 3.63) is 12.2 Å². The van der Waals surface area contributed by atoms with Crippen molar-refractivity contribution in [2.45, 2.75) is 102 Å². The van der Waals surface area contributed by atoms with E-state index in [1.807, 2.05) is 0 Å². The molecule has 0 saturated carbocycles. The minimum Gasteiger partial charge on any atom is -0.481 e. The van der Waals surface area contributed by atoms with Crippen LogP contribution in [0.2, 0.25) is 0 Å². The highest BCUT2D eigenvalue weighted by atomic mass is 125. The third kappa shape index (κ3) is 13.2. The van der Waals surface area contributed by atoms with Crippen molar-refractivity contribution in [1.29, 1.82) is 0 Å². The number of allylic oxidation sites excluding steroid dienone is 2. The molecule has 24 heavy (non-hydrogen) atoms. The standard InChI is InChI=1S/C20H35IO3/c21-17-13-9-11-15-19-18(24-19)14-10-7-5-3-1-2-4-6-8-12-16-20(22)23/h4,6,18-19H,1-3,5,7-17H2,(H,22,23)/b6-4-/i21-2. The molecule has 0 aliphatic carbocycles. The van der Waals surface area contributed by atoms with Gasteiger partial charge in [-0.15, -0.1) is 0 Å². The summed E-state index contributed by atoms with van der Waals surface area (Å²) in [5.41, 5.74) is 0. The van der Waals surface area contributed by atoms with Gasteiger partial charge in [0, 0.05) is 6.42 Å². The second kappa shape index (κ2) is 15.2. The summed E-state index contributed by atoms with van der Waals surface area (Å²) in [6.07, 6.45) is 21.8. The Hall–Kier alpha value is -0.100. The molecule has 1 heterocycles. The Morgan fingerprint density at radius 3 is 2.00 bits per heavy atom. The SMILES string of the molecule is O=C(O)CCC/C=C\CCCCCCCC1OC1CCCCC[125I]. The van der Waals surface area contributed by atoms with Gasteiger partial charge in [-0.2, -0.15) is 0 Å². The minimum absolute atomic E-state index is 0.286. The summed E-state index contributed by atoms with van der Waals surface area (Å²) < 4.78 is 7.04. The molecule has 2 atom stereocenters. The van der Waals surface area contributed by atoms with Crippen LogP contribution in [0.5, 0.6) is 0 Å². The Bertz CT molecular complexity index is 344. The van der Waals surface area contributed by atoms with Crippen LogP contribution < -0.4 is 0 Å². The van der Waals surface area contributed by atoms with Crippen molar-refractivity contribution in [3.63, 3.8) is 0 Å². The molecule has 0 bridgehead atoms. The molecule has 0 spiro atoms. The van der Waals surface area contributed by atoms with Gasteiger partial charge in [0.25, 0.3) is 0 Å². The first-order valence-corrected chi connectivity index (χ1v) is 11.3. The molecule has 0 radical (unpaired) electrons. The van der Waals surface area contributed by atoms with E-state index in [1.54, 1.807) is 0 Å². The van der Waals surface area contributed by atoms with Crippen molar-refractivity contribution in [3.8, 4) is 0 Å². The van der Waals surface area contributed by atoms with Crippen LogP contribution in [0.4, 0.5) is 0 Å². The highest BCUT2D eigenvalue weighted by Gasteiger charge is 2.36. The maximum Gasteiger partial charge on any atom is 0.303 e. The zero-order valence-corrected chi connectivity index (χ0v) is 17.2. The maximum atomic E-state index is 10.4. The summed E-state index contributed by atoms with van der Waals surface area (Å²) in [5, 5.41) is 8.54. The smallest absolute Gasteiger partial charge is 0.303 e. The number of hydrogen-bond acceptors (Lipinski definition) is 2. The van der Waals surface area contributed by atoms with E-state index in [-0.39, 0.29) is 6.42 Å². The molecule has 0 aromatic carbocycles. The monoisotopic (exact) mass is 448 g/mol. The molecule has 1 aliphatic heterocycles. The summed E-state index contributed by atoms with van der Waals surface area (Å²) in [5.74, 6) is -0.692. The number of aliphatic carboxylic acids is 1. The number of carbonyl (C=O) groups is 1. The Morgan fingerprint density at radius 2 is 1.38 bits per heavy atom. The molecule has 0 aromatic rings. The molecule has 4 heteroatoms. The average Bonchev–Trinajstić information content (AvgIpc) is 3.30. The van der Waals surface area contributed by atoms with Crippen LogP contribution in [0.15, 0.2) is 12.2 Å². The number of unbranched alkanes of at least 4 members (excludes halogenated alkanes) is 8. The van der Waals surface area contributed by atoms with Gasteiger partial charge in [0.15, 0.2) is 0 Å². The summed E-state index contributed by atoms with van der Waals surface area (Å²) in [6, 6.07) is 0. The van der Waals surface area contributed by atoms with Gasteiger partial charge >= 0.3 is 5.97 Å². The number of carboxylic acid groups (broad SMARTS) is 1. The molecule has 2 unspecified atom stereocenters. The van der Waals surface area contributed by atoms with Crippen LogP contribution in [0.1, 0.15) is 89.9 Å². The number of carboxylic acids is 1. The van der Waals surface area contributed by atoms with Gasteiger partial charge in [-0.1, -0.05) is 73.3 Å². The van der Waals surface area contributed by atoms with E-state index in [0.717, 1.165) is 19.3 Å². The van der Waals surface area contributed by atoms with Crippen molar-refractivity contribution in [2.24, 2.45) is 0 Å². The quantitative estimate of drug-likeness (QED) is 0.0935. The summed E-state index contributed by atoms with van der Waals surface area (Å²) in [6.45, 7) is 0. The summed E-state index contributed by atoms with van der Waals surface area (Å²) >= 11 is 2.45. The first-order chi connectivity index (χ1) is 11.7. The van der Waals surface area contributed by atoms with Crippen LogP contribution in [0.25, 0.3) is 0 Å². The second-order valence-corrected chi connectivity index (χ2v) is 7.93. The number of alkyl halides is 1. The Kier molecular flexibility index (Phi) is 13.9. The fourth-order valence-corrected chi connectivity index (χ4v) is 3.59. The predicted molar refractivity (Wildman–Crippen MR) is 109 cm³/mol. The fraction of sp³-hybridized carbons (Fsp3) is 0.850. The lowest BCUT2D eigenvalue weighted by molar-refractivity contribution is -0.137. The summed E-state index contributed by atoms with van der Waals surface area (Å²) in [7, 11) is 0. The normalized spacial score (nSPS) is 19.9. The molecule has 1 N–H and O–H groups in total. The van der Waals surface area contributed by atoms with E-state index in [0.29, 0.717) is 12.2 Å². The van der Waals surface area contributed by atoms with Gasteiger partial charge < -0.3 is 9.84 Å². The topological polar surface area (TPSA) is 49.8 Å². The predicted octanol–water partition coefficient (Wildman–Crippen LogP) is 6.29. The van der Waals surface area contributed by atoms with E-state index in [4.69, 9.17) is 9.84 Å². The molecular weight excluding hydrogens is 413 g/mol. The van der Waals surface area contributed by atoms with Gasteiger partial charge in [0.1, 0.15) is 0 Å². The largest absolute Gasteiger partial charge is 0.481 e. The molecule has 1 saturated heterocycles. The van der Waals surface area contributed by atoms with Crippen molar-refractivity contribution < 1.29 is 14.6 Å². The van der Waals surface area contributed by atoms with Gasteiger partial charge in [0.05, 0.1) is 12.2 Å². The molecule has 3 nitrogen and oxygen atoms in total. The number of halogens is 1. The van der Waals surface area contributed by atoms with Gasteiger partial charge in [-0.3, -0.25) is 4.79 Å². The van der Waals surface area contributed by atoms with Gasteiger partial charge in [-0.05, 0) is 49.4 Å². The molecule has 140 valence electrons. The van der Waals surface area contributed by atoms with Crippen LogP contribution in [-0.4, -0.2) is 27.7 Å². The van der Waals surface area contributed by atoms with Crippen molar-refractivity contribution in [2.75, 3.05) is 4.43 Å². The van der Waals surface area contributed by atoms with E-state index in [9.17, 15) is 4.79 Å². The minimum atomic E-state index is -0.692. The van der Waals surface area contributed by atoms with Crippen LogP contribution in [-0.2, 0) is 9.53 Å². The Balaban J connectivity index is 1.75. The Labute approximate surface area is 161 Å². The maximum absolute atomic E-state index is 10.4. The highest BCUT2D eigenvalue weighted by Crippen LogP contribution is 2.31. The van der Waals surface area contributed by atoms with E-state index in [2.05, 4.69) is 34.7 Å². The van der Waals surface area contributed by atoms with Crippen LogP contribution >= 0.6 is 22.6 Å². The lowest BCUT2D eigenvalue weighted by Crippen LogP contribution is -1.94. The highest BCUT2D eigenvalue weighted by molar-refractivity contribution is 14.1. The number of hydrogen-bond donors (Lipinski definition) is 1. The van der Waals surface area contributed by atoms with Crippen molar-refractivity contribution in [1.82, 2.24) is 0 Å². The van der Waals surface area contributed by atoms with E-state index < -0.39 is 5.97 Å². The first-order valence-electron chi connectivity index (χ1n) is 9.82.